The van der Waals surface area contributed by atoms with Gasteiger partial charge in [0.15, 0.2) is 0 Å². The molecule has 2 heterocycles. The van der Waals surface area contributed by atoms with Crippen molar-refractivity contribution in [1.82, 2.24) is 9.97 Å². The summed E-state index contributed by atoms with van der Waals surface area (Å²) in [5, 5.41) is 12.6. The second-order valence-corrected chi connectivity index (χ2v) is 5.06. The van der Waals surface area contributed by atoms with E-state index in [1.165, 1.54) is 11.3 Å². The van der Waals surface area contributed by atoms with E-state index in [-0.39, 0.29) is 11.7 Å². The van der Waals surface area contributed by atoms with Crippen molar-refractivity contribution < 1.29 is 9.90 Å². The molecule has 0 aliphatic heterocycles. The Morgan fingerprint density at radius 3 is 3.06 bits per heavy atom. The van der Waals surface area contributed by atoms with Crippen molar-refractivity contribution in [1.29, 1.82) is 0 Å². The van der Waals surface area contributed by atoms with Crippen LogP contribution < -0.4 is 5.32 Å². The lowest BCUT2D eigenvalue weighted by Crippen LogP contribution is -2.09. The molecule has 2 N–H and O–H groups in total. The molecule has 17 heavy (non-hydrogen) atoms. The minimum absolute atomic E-state index is 0.0340. The first-order chi connectivity index (χ1) is 8.06. The van der Waals surface area contributed by atoms with E-state index in [0.29, 0.717) is 12.4 Å². The number of nitrogens with zero attached hydrogens (tertiary/aromatic N) is 2. The molecule has 7 heteroatoms. The first-order valence-electron chi connectivity index (χ1n) is 4.95. The lowest BCUT2D eigenvalue weighted by molar-refractivity contribution is -0.136. The molecular formula is C10H10ClN3O2S. The highest BCUT2D eigenvalue weighted by atomic mass is 35.5. The molecule has 90 valence electrons. The fraction of sp³-hybridized carbons (Fsp3) is 0.300. The molecule has 0 saturated carbocycles. The quantitative estimate of drug-likeness (QED) is 0.836. The Morgan fingerprint density at radius 1 is 1.59 bits per heavy atom. The average Bonchev–Trinajstić information content (AvgIpc) is 2.57. The third kappa shape index (κ3) is 2.83. The molecule has 2 aromatic rings. The molecule has 0 fully saturated rings. The SMILES string of the molecule is Cc1cc2c(NCCC(=O)O)nc(Cl)nc2s1. The number of carboxylic acids is 1. The van der Waals surface area contributed by atoms with Crippen LogP contribution in [0.4, 0.5) is 5.82 Å². The number of carbonyl (C=O) groups is 1. The molecule has 0 aliphatic rings. The molecule has 2 aromatic heterocycles. The Kier molecular flexibility index (Phi) is 3.44. The Balaban J connectivity index is 2.28. The Bertz CT molecular complexity index is 570. The zero-order valence-electron chi connectivity index (χ0n) is 9.03. The topological polar surface area (TPSA) is 75.1 Å². The van der Waals surface area contributed by atoms with Crippen LogP contribution in [0.25, 0.3) is 10.2 Å². The number of aromatic nitrogens is 2. The Labute approximate surface area is 106 Å². The van der Waals surface area contributed by atoms with Crippen LogP contribution in [-0.2, 0) is 4.79 Å². The summed E-state index contributed by atoms with van der Waals surface area (Å²) in [4.78, 5) is 20.5. The van der Waals surface area contributed by atoms with Crippen LogP contribution in [0.3, 0.4) is 0 Å². The predicted octanol–water partition coefficient (Wildman–Crippen LogP) is 2.54. The summed E-state index contributed by atoms with van der Waals surface area (Å²) in [6.45, 7) is 2.29. The summed E-state index contributed by atoms with van der Waals surface area (Å²) in [5.41, 5.74) is 0. The third-order valence-electron chi connectivity index (χ3n) is 2.12. The average molecular weight is 272 g/mol. The number of hydrogen-bond donors (Lipinski definition) is 2. The fourth-order valence-corrected chi connectivity index (χ4v) is 2.54. The van der Waals surface area contributed by atoms with Crippen molar-refractivity contribution in [2.45, 2.75) is 13.3 Å². The van der Waals surface area contributed by atoms with Gasteiger partial charge in [-0.1, -0.05) is 0 Å². The minimum atomic E-state index is -0.851. The van der Waals surface area contributed by atoms with Gasteiger partial charge in [-0.05, 0) is 24.6 Å². The van der Waals surface area contributed by atoms with Crippen molar-refractivity contribution in [2.24, 2.45) is 0 Å². The molecule has 0 bridgehead atoms. The summed E-state index contributed by atoms with van der Waals surface area (Å²) in [7, 11) is 0. The van der Waals surface area contributed by atoms with Crippen LogP contribution in [0.15, 0.2) is 6.07 Å². The van der Waals surface area contributed by atoms with Crippen molar-refractivity contribution in [3.63, 3.8) is 0 Å². The third-order valence-corrected chi connectivity index (χ3v) is 3.23. The van der Waals surface area contributed by atoms with Gasteiger partial charge in [0.1, 0.15) is 10.6 Å². The number of aryl methyl sites for hydroxylation is 1. The number of hydrogen-bond acceptors (Lipinski definition) is 5. The van der Waals surface area contributed by atoms with Crippen molar-refractivity contribution in [3.05, 3.63) is 16.2 Å². The predicted molar refractivity (Wildman–Crippen MR) is 67.9 cm³/mol. The molecular weight excluding hydrogens is 262 g/mol. The number of thiophene rings is 1. The minimum Gasteiger partial charge on any atom is -0.481 e. The Hall–Kier alpha value is -1.40. The summed E-state index contributed by atoms with van der Waals surface area (Å²) >= 11 is 7.33. The van der Waals surface area contributed by atoms with Gasteiger partial charge >= 0.3 is 5.97 Å². The Morgan fingerprint density at radius 2 is 2.35 bits per heavy atom. The lowest BCUT2D eigenvalue weighted by atomic mass is 10.3. The maximum atomic E-state index is 10.4. The monoisotopic (exact) mass is 271 g/mol. The number of rotatable bonds is 4. The summed E-state index contributed by atoms with van der Waals surface area (Å²) in [6.07, 6.45) is 0.0340. The molecule has 0 aliphatic carbocycles. The highest BCUT2D eigenvalue weighted by molar-refractivity contribution is 7.18. The van der Waals surface area contributed by atoms with E-state index >= 15 is 0 Å². The van der Waals surface area contributed by atoms with Crippen LogP contribution in [-0.4, -0.2) is 27.6 Å². The van der Waals surface area contributed by atoms with E-state index in [0.717, 1.165) is 15.1 Å². The second kappa shape index (κ2) is 4.85. The maximum absolute atomic E-state index is 10.4. The van der Waals surface area contributed by atoms with Gasteiger partial charge in [0.2, 0.25) is 5.28 Å². The molecule has 0 aromatic carbocycles. The lowest BCUT2D eigenvalue weighted by Gasteiger charge is -2.04. The van der Waals surface area contributed by atoms with Gasteiger partial charge in [-0.2, -0.15) is 0 Å². The van der Waals surface area contributed by atoms with E-state index in [1.54, 1.807) is 0 Å². The molecule has 0 spiro atoms. The van der Waals surface area contributed by atoms with E-state index in [1.807, 2.05) is 13.0 Å². The van der Waals surface area contributed by atoms with Crippen LogP contribution >= 0.6 is 22.9 Å². The zero-order chi connectivity index (χ0) is 12.4. The molecule has 5 nitrogen and oxygen atoms in total. The second-order valence-electron chi connectivity index (χ2n) is 3.49. The first kappa shape index (κ1) is 12.1. The van der Waals surface area contributed by atoms with E-state index in [9.17, 15) is 4.79 Å². The van der Waals surface area contributed by atoms with Gasteiger partial charge in [-0.25, -0.2) is 9.97 Å². The van der Waals surface area contributed by atoms with Crippen LogP contribution in [0.2, 0.25) is 5.28 Å². The smallest absolute Gasteiger partial charge is 0.305 e. The molecule has 0 unspecified atom stereocenters. The van der Waals surface area contributed by atoms with Gasteiger partial charge in [-0.3, -0.25) is 4.79 Å². The van der Waals surface area contributed by atoms with Crippen LogP contribution in [0, 0.1) is 6.92 Å². The number of nitrogens with one attached hydrogen (secondary N) is 1. The fourth-order valence-electron chi connectivity index (χ4n) is 1.44. The van der Waals surface area contributed by atoms with E-state index < -0.39 is 5.97 Å². The van der Waals surface area contributed by atoms with Crippen molar-refractivity contribution >= 4 is 44.9 Å². The number of halogens is 1. The van der Waals surface area contributed by atoms with E-state index in [2.05, 4.69) is 15.3 Å². The van der Waals surface area contributed by atoms with Gasteiger partial charge in [0.05, 0.1) is 11.8 Å². The highest BCUT2D eigenvalue weighted by Gasteiger charge is 2.09. The molecule has 0 atom stereocenters. The number of fused-ring (bicyclic) bond motifs is 1. The largest absolute Gasteiger partial charge is 0.481 e. The van der Waals surface area contributed by atoms with Gasteiger partial charge in [0.25, 0.3) is 0 Å². The number of carboxylic acid groups (broad SMARTS) is 1. The summed E-state index contributed by atoms with van der Waals surface area (Å²) in [6, 6.07) is 1.96. The molecule has 0 amide bonds. The summed E-state index contributed by atoms with van der Waals surface area (Å²) < 4.78 is 0. The van der Waals surface area contributed by atoms with Gasteiger partial charge < -0.3 is 10.4 Å². The van der Waals surface area contributed by atoms with E-state index in [4.69, 9.17) is 16.7 Å². The first-order valence-corrected chi connectivity index (χ1v) is 6.15. The van der Waals surface area contributed by atoms with Crippen molar-refractivity contribution in [2.75, 3.05) is 11.9 Å². The standard InChI is InChI=1S/C10H10ClN3O2S/c1-5-4-6-8(12-3-2-7(15)16)13-10(11)14-9(6)17-5/h4H,2-3H2,1H3,(H,15,16)(H,12,13,14). The maximum Gasteiger partial charge on any atom is 0.305 e. The van der Waals surface area contributed by atoms with Crippen LogP contribution in [0.1, 0.15) is 11.3 Å². The van der Waals surface area contributed by atoms with Crippen molar-refractivity contribution in [3.8, 4) is 0 Å². The zero-order valence-corrected chi connectivity index (χ0v) is 10.6. The summed E-state index contributed by atoms with van der Waals surface area (Å²) in [5.74, 6) is -0.263. The van der Waals surface area contributed by atoms with Gasteiger partial charge in [0, 0.05) is 11.4 Å². The molecule has 0 saturated heterocycles. The molecule has 0 radical (unpaired) electrons. The number of aliphatic carboxylic acids is 1. The normalized spacial score (nSPS) is 10.7. The van der Waals surface area contributed by atoms with Gasteiger partial charge in [-0.15, -0.1) is 11.3 Å². The highest BCUT2D eigenvalue weighted by Crippen LogP contribution is 2.29. The molecule has 2 rings (SSSR count). The number of anilines is 1. The van der Waals surface area contributed by atoms with Crippen LogP contribution in [0.5, 0.6) is 0 Å².